The standard InChI is InChI=1S/C7H13N3O2S/c1-5(9-7(8)12)6(11)10-2-3-13-4-10/h5H,2-4H2,1H3,(H3,8,9,12)/t5-/m0/s1. The van der Waals surface area contributed by atoms with Crippen LogP contribution in [0.15, 0.2) is 0 Å². The molecule has 0 spiro atoms. The Labute approximate surface area is 81.0 Å². The fourth-order valence-electron chi connectivity index (χ4n) is 1.14. The molecule has 0 aliphatic carbocycles. The molecule has 3 N–H and O–H groups in total. The van der Waals surface area contributed by atoms with Crippen molar-refractivity contribution in [3.8, 4) is 0 Å². The number of rotatable bonds is 2. The fourth-order valence-corrected chi connectivity index (χ4v) is 2.09. The summed E-state index contributed by atoms with van der Waals surface area (Å²) in [5.41, 5.74) is 4.90. The normalized spacial score (nSPS) is 18.4. The summed E-state index contributed by atoms with van der Waals surface area (Å²) < 4.78 is 0. The second kappa shape index (κ2) is 4.36. The van der Waals surface area contributed by atoms with E-state index in [0.29, 0.717) is 5.88 Å². The highest BCUT2D eigenvalue weighted by Gasteiger charge is 2.23. The summed E-state index contributed by atoms with van der Waals surface area (Å²) in [5, 5.41) is 2.36. The lowest BCUT2D eigenvalue weighted by Crippen LogP contribution is -2.47. The molecule has 0 aromatic heterocycles. The van der Waals surface area contributed by atoms with Gasteiger partial charge in [-0.15, -0.1) is 11.8 Å². The summed E-state index contributed by atoms with van der Waals surface area (Å²) in [4.78, 5) is 23.7. The van der Waals surface area contributed by atoms with Gasteiger partial charge >= 0.3 is 6.03 Å². The molecule has 1 saturated heterocycles. The summed E-state index contributed by atoms with van der Waals surface area (Å²) in [6.07, 6.45) is 0. The van der Waals surface area contributed by atoms with Gasteiger partial charge in [0.1, 0.15) is 6.04 Å². The fraction of sp³-hybridized carbons (Fsp3) is 0.714. The quantitative estimate of drug-likeness (QED) is 0.640. The predicted molar refractivity (Wildman–Crippen MR) is 51.2 cm³/mol. The summed E-state index contributed by atoms with van der Waals surface area (Å²) in [7, 11) is 0. The summed E-state index contributed by atoms with van der Waals surface area (Å²) >= 11 is 1.71. The van der Waals surface area contributed by atoms with Gasteiger partial charge < -0.3 is 16.0 Å². The van der Waals surface area contributed by atoms with Crippen LogP contribution in [-0.2, 0) is 4.79 Å². The van der Waals surface area contributed by atoms with Gasteiger partial charge in [-0.2, -0.15) is 0 Å². The second-order valence-corrected chi connectivity index (χ2v) is 3.94. The third-order valence-corrected chi connectivity index (χ3v) is 2.76. The number of carbonyl (C=O) groups excluding carboxylic acids is 2. The Balaban J connectivity index is 2.41. The smallest absolute Gasteiger partial charge is 0.312 e. The van der Waals surface area contributed by atoms with Crippen molar-refractivity contribution in [1.82, 2.24) is 10.2 Å². The molecule has 3 amide bonds. The number of amides is 3. The Hall–Kier alpha value is -0.910. The average Bonchev–Trinajstić information content (AvgIpc) is 2.53. The van der Waals surface area contributed by atoms with Crippen molar-refractivity contribution >= 4 is 23.7 Å². The van der Waals surface area contributed by atoms with Crippen molar-refractivity contribution < 1.29 is 9.59 Å². The van der Waals surface area contributed by atoms with Gasteiger partial charge in [-0.25, -0.2) is 4.79 Å². The Morgan fingerprint density at radius 2 is 2.31 bits per heavy atom. The zero-order valence-electron chi connectivity index (χ0n) is 7.45. The Bertz CT molecular complexity index is 216. The summed E-state index contributed by atoms with van der Waals surface area (Å²) in [6.45, 7) is 2.39. The molecule has 0 aromatic rings. The number of nitrogens with zero attached hydrogens (tertiary/aromatic N) is 1. The van der Waals surface area contributed by atoms with Crippen LogP contribution >= 0.6 is 11.8 Å². The number of hydrogen-bond donors (Lipinski definition) is 2. The number of nitrogens with two attached hydrogens (primary N) is 1. The highest BCUT2D eigenvalue weighted by molar-refractivity contribution is 7.99. The highest BCUT2D eigenvalue weighted by atomic mass is 32.2. The van der Waals surface area contributed by atoms with Crippen LogP contribution in [0, 0.1) is 0 Å². The first-order chi connectivity index (χ1) is 6.11. The van der Waals surface area contributed by atoms with E-state index < -0.39 is 12.1 Å². The van der Waals surface area contributed by atoms with E-state index >= 15 is 0 Å². The molecule has 13 heavy (non-hydrogen) atoms. The molecule has 0 saturated carbocycles. The van der Waals surface area contributed by atoms with E-state index in [4.69, 9.17) is 5.73 Å². The van der Waals surface area contributed by atoms with E-state index in [1.54, 1.807) is 23.6 Å². The van der Waals surface area contributed by atoms with Crippen LogP contribution in [0.1, 0.15) is 6.92 Å². The van der Waals surface area contributed by atoms with Crippen molar-refractivity contribution in [2.75, 3.05) is 18.2 Å². The first-order valence-corrected chi connectivity index (χ1v) is 5.19. The van der Waals surface area contributed by atoms with Gasteiger partial charge in [-0.1, -0.05) is 0 Å². The molecular formula is C7H13N3O2S. The number of primary amides is 1. The van der Waals surface area contributed by atoms with Gasteiger partial charge in [-0.05, 0) is 6.92 Å². The molecule has 1 rings (SSSR count). The van der Waals surface area contributed by atoms with Crippen molar-refractivity contribution in [3.63, 3.8) is 0 Å². The lowest BCUT2D eigenvalue weighted by molar-refractivity contribution is -0.131. The molecule has 1 aliphatic rings. The van der Waals surface area contributed by atoms with Crippen molar-refractivity contribution in [3.05, 3.63) is 0 Å². The number of nitrogens with one attached hydrogen (secondary N) is 1. The van der Waals surface area contributed by atoms with Gasteiger partial charge in [0.25, 0.3) is 0 Å². The van der Waals surface area contributed by atoms with Crippen LogP contribution in [0.5, 0.6) is 0 Å². The average molecular weight is 203 g/mol. The second-order valence-electron chi connectivity index (χ2n) is 2.87. The van der Waals surface area contributed by atoms with E-state index in [1.807, 2.05) is 0 Å². The molecule has 0 aromatic carbocycles. The van der Waals surface area contributed by atoms with Crippen LogP contribution in [0.3, 0.4) is 0 Å². The van der Waals surface area contributed by atoms with Crippen molar-refractivity contribution in [2.24, 2.45) is 5.73 Å². The van der Waals surface area contributed by atoms with Crippen LogP contribution in [0.25, 0.3) is 0 Å². The largest absolute Gasteiger partial charge is 0.352 e. The molecular weight excluding hydrogens is 190 g/mol. The molecule has 1 aliphatic heterocycles. The lowest BCUT2D eigenvalue weighted by atomic mass is 10.3. The molecule has 0 unspecified atom stereocenters. The van der Waals surface area contributed by atoms with Crippen molar-refractivity contribution in [1.29, 1.82) is 0 Å². The van der Waals surface area contributed by atoms with Gasteiger partial charge in [0.05, 0.1) is 5.88 Å². The van der Waals surface area contributed by atoms with Gasteiger partial charge in [0.15, 0.2) is 0 Å². The number of hydrogen-bond acceptors (Lipinski definition) is 3. The maximum absolute atomic E-state index is 11.5. The molecule has 1 heterocycles. The molecule has 6 heteroatoms. The zero-order chi connectivity index (χ0) is 9.84. The maximum Gasteiger partial charge on any atom is 0.312 e. The number of urea groups is 1. The SMILES string of the molecule is C[C@H](NC(N)=O)C(=O)N1CCSC1. The van der Waals surface area contributed by atoms with E-state index in [-0.39, 0.29) is 5.91 Å². The number of thioether (sulfide) groups is 1. The molecule has 1 fully saturated rings. The van der Waals surface area contributed by atoms with Crippen LogP contribution in [0.4, 0.5) is 4.79 Å². The minimum absolute atomic E-state index is 0.0659. The van der Waals surface area contributed by atoms with Crippen LogP contribution in [0.2, 0.25) is 0 Å². The minimum Gasteiger partial charge on any atom is -0.352 e. The minimum atomic E-state index is -0.660. The third kappa shape index (κ3) is 2.80. The van der Waals surface area contributed by atoms with E-state index in [0.717, 1.165) is 12.3 Å². The molecule has 1 atom stereocenters. The Kier molecular flexibility index (Phi) is 3.41. The zero-order valence-corrected chi connectivity index (χ0v) is 8.26. The lowest BCUT2D eigenvalue weighted by Gasteiger charge is -2.19. The first-order valence-electron chi connectivity index (χ1n) is 4.04. The summed E-state index contributed by atoms with van der Waals surface area (Å²) in [5.74, 6) is 1.61. The Morgan fingerprint density at radius 3 is 2.77 bits per heavy atom. The highest BCUT2D eigenvalue weighted by Crippen LogP contribution is 2.13. The van der Waals surface area contributed by atoms with E-state index in [1.165, 1.54) is 0 Å². The third-order valence-electron chi connectivity index (χ3n) is 1.79. The maximum atomic E-state index is 11.5. The Morgan fingerprint density at radius 1 is 1.62 bits per heavy atom. The predicted octanol–water partition coefficient (Wildman–Crippen LogP) is -0.424. The topological polar surface area (TPSA) is 75.4 Å². The summed E-state index contributed by atoms with van der Waals surface area (Å²) in [6, 6.07) is -1.18. The molecule has 0 bridgehead atoms. The van der Waals surface area contributed by atoms with E-state index in [2.05, 4.69) is 5.32 Å². The molecule has 74 valence electrons. The van der Waals surface area contributed by atoms with E-state index in [9.17, 15) is 9.59 Å². The van der Waals surface area contributed by atoms with Crippen LogP contribution in [-0.4, -0.2) is 41.1 Å². The van der Waals surface area contributed by atoms with Gasteiger partial charge in [0, 0.05) is 12.3 Å². The molecule has 5 nitrogen and oxygen atoms in total. The number of carbonyl (C=O) groups is 2. The first kappa shape index (κ1) is 10.2. The van der Waals surface area contributed by atoms with Crippen LogP contribution < -0.4 is 11.1 Å². The molecule has 0 radical (unpaired) electrons. The van der Waals surface area contributed by atoms with Gasteiger partial charge in [-0.3, -0.25) is 4.79 Å². The van der Waals surface area contributed by atoms with Gasteiger partial charge in [0.2, 0.25) is 5.91 Å². The van der Waals surface area contributed by atoms with Crippen molar-refractivity contribution in [2.45, 2.75) is 13.0 Å². The monoisotopic (exact) mass is 203 g/mol.